The van der Waals surface area contributed by atoms with Gasteiger partial charge in [-0.15, -0.1) is 0 Å². The van der Waals surface area contributed by atoms with Crippen molar-refractivity contribution >= 4 is 23.8 Å². The minimum absolute atomic E-state index is 0. The minimum atomic E-state index is -0.544. The van der Waals surface area contributed by atoms with Gasteiger partial charge in [-0.2, -0.15) is 0 Å². The maximum absolute atomic E-state index is 2.53. The fourth-order valence-corrected chi connectivity index (χ4v) is 7.20. The second kappa shape index (κ2) is 15.7. The first-order chi connectivity index (χ1) is 16.2. The number of hydrogen-bond acceptors (Lipinski definition) is 0. The van der Waals surface area contributed by atoms with Crippen molar-refractivity contribution < 1.29 is 28.5 Å². The fraction of sp³-hybridized carbons (Fsp3) is 0.419. The second-order valence-corrected chi connectivity index (χ2v) is 11.6. The summed E-state index contributed by atoms with van der Waals surface area (Å²) in [4.78, 5) is 0. The second-order valence-electron chi connectivity index (χ2n) is 9.41. The molecular weight excluding hydrogens is 544 g/mol. The van der Waals surface area contributed by atoms with Gasteiger partial charge in [0.2, 0.25) is 0 Å². The third kappa shape index (κ3) is 8.47. The van der Waals surface area contributed by atoms with Crippen molar-refractivity contribution in [2.45, 2.75) is 65.8 Å². The first-order valence-corrected chi connectivity index (χ1v) is 14.4. The predicted molar refractivity (Wildman–Crippen MR) is 148 cm³/mol. The zero-order chi connectivity index (χ0) is 23.4. The summed E-state index contributed by atoms with van der Waals surface area (Å²) < 4.78 is 1.26. The van der Waals surface area contributed by atoms with Crippen molar-refractivity contribution in [2.24, 2.45) is 0 Å². The molecule has 0 saturated heterocycles. The van der Waals surface area contributed by atoms with Crippen LogP contribution in [0.15, 0.2) is 84.9 Å². The molecule has 0 saturated carbocycles. The van der Waals surface area contributed by atoms with Gasteiger partial charge in [-0.1, -0.05) is 119 Å². The van der Waals surface area contributed by atoms with Gasteiger partial charge >= 0.3 is 0 Å². The van der Waals surface area contributed by atoms with Crippen LogP contribution in [0.4, 0.5) is 0 Å². The molecule has 0 atom stereocenters. The summed E-state index contributed by atoms with van der Waals surface area (Å²) in [5, 5.41) is 4.33. The molecule has 0 unspecified atom stereocenters. The van der Waals surface area contributed by atoms with Crippen LogP contribution >= 0.6 is 7.92 Å². The molecule has 3 heteroatoms. The van der Waals surface area contributed by atoms with E-state index in [1.165, 1.54) is 90.7 Å². The first kappa shape index (κ1) is 29.0. The number of rotatable bonds is 14. The molecule has 184 valence electrons. The number of hydrogen-bond donors (Lipinski definition) is 0. The molecule has 0 heterocycles. The van der Waals surface area contributed by atoms with Crippen LogP contribution in [0.2, 0.25) is 0 Å². The summed E-state index contributed by atoms with van der Waals surface area (Å²) in [6.07, 6.45) is 7.83. The molecule has 0 amide bonds. The maximum atomic E-state index is 2.53. The Hall–Kier alpha value is -1.22. The smallest absolute Gasteiger partial charge is 0.104 e. The Balaban J connectivity index is 0.00000408. The Bertz CT molecular complexity index is 867. The van der Waals surface area contributed by atoms with Gasteiger partial charge in [0, 0.05) is 5.56 Å². The van der Waals surface area contributed by atoms with Crippen molar-refractivity contribution in [3.05, 3.63) is 90.5 Å². The highest BCUT2D eigenvalue weighted by Gasteiger charge is 2.27. The summed E-state index contributed by atoms with van der Waals surface area (Å²) in [7, 11) is -0.544. The number of quaternary nitrogens is 1. The highest BCUT2D eigenvalue weighted by atomic mass is 127. The normalized spacial score (nSPS) is 11.4. The molecule has 3 rings (SSSR count). The lowest BCUT2D eigenvalue weighted by atomic mass is 10.1. The van der Waals surface area contributed by atoms with Gasteiger partial charge in [-0.25, -0.2) is 0 Å². The van der Waals surface area contributed by atoms with Crippen LogP contribution in [0, 0.1) is 0 Å². The van der Waals surface area contributed by atoms with E-state index in [2.05, 4.69) is 106 Å². The summed E-state index contributed by atoms with van der Waals surface area (Å²) in [5.41, 5.74) is 1.51. The molecule has 0 spiro atoms. The molecule has 3 aromatic rings. The third-order valence-electron chi connectivity index (χ3n) is 6.67. The topological polar surface area (TPSA) is 0 Å². The number of unbranched alkanes of at least 4 members (excludes halogenated alkanes) is 3. The van der Waals surface area contributed by atoms with Gasteiger partial charge in [0.05, 0.1) is 19.6 Å². The summed E-state index contributed by atoms with van der Waals surface area (Å²) in [6, 6.07) is 31.7. The van der Waals surface area contributed by atoms with Crippen LogP contribution in [0.3, 0.4) is 0 Å². The SMILES string of the molecule is CCCC[N+](CCCC)(CCCC)Cc1cccc(P(c2ccccc2)c2ccccc2)c1.[I-]. The largest absolute Gasteiger partial charge is 1.00 e. The molecule has 0 fully saturated rings. The first-order valence-electron chi connectivity index (χ1n) is 13.1. The number of benzene rings is 3. The van der Waals surface area contributed by atoms with Crippen LogP contribution in [-0.2, 0) is 6.54 Å². The van der Waals surface area contributed by atoms with Crippen LogP contribution in [0.1, 0.15) is 64.9 Å². The average molecular weight is 588 g/mol. The monoisotopic (exact) mass is 587 g/mol. The Labute approximate surface area is 227 Å². The van der Waals surface area contributed by atoms with E-state index in [4.69, 9.17) is 0 Å². The van der Waals surface area contributed by atoms with Crippen LogP contribution in [0.25, 0.3) is 0 Å². The Morgan fingerprint density at radius 2 is 1.00 bits per heavy atom. The van der Waals surface area contributed by atoms with Gasteiger partial charge in [0.1, 0.15) is 6.54 Å². The number of halogens is 1. The summed E-state index contributed by atoms with van der Waals surface area (Å²) in [6.45, 7) is 12.1. The summed E-state index contributed by atoms with van der Waals surface area (Å²) >= 11 is 0. The van der Waals surface area contributed by atoms with E-state index in [0.29, 0.717) is 0 Å². The van der Waals surface area contributed by atoms with Crippen molar-refractivity contribution in [3.8, 4) is 0 Å². The zero-order valence-electron chi connectivity index (χ0n) is 21.4. The molecule has 0 aliphatic rings. The maximum Gasteiger partial charge on any atom is 0.104 e. The highest BCUT2D eigenvalue weighted by Crippen LogP contribution is 2.33. The van der Waals surface area contributed by atoms with Crippen molar-refractivity contribution in [3.63, 3.8) is 0 Å². The van der Waals surface area contributed by atoms with E-state index >= 15 is 0 Å². The Kier molecular flexibility index (Phi) is 13.4. The van der Waals surface area contributed by atoms with Crippen LogP contribution < -0.4 is 39.9 Å². The molecular formula is C31H43INP. The van der Waals surface area contributed by atoms with Gasteiger partial charge in [-0.3, -0.25) is 0 Å². The van der Waals surface area contributed by atoms with Gasteiger partial charge in [0.15, 0.2) is 0 Å². The van der Waals surface area contributed by atoms with Crippen LogP contribution in [-0.4, -0.2) is 24.1 Å². The number of nitrogens with zero attached hydrogens (tertiary/aromatic N) is 1. The van der Waals surface area contributed by atoms with Crippen LogP contribution in [0.5, 0.6) is 0 Å². The molecule has 0 aromatic heterocycles. The molecule has 34 heavy (non-hydrogen) atoms. The van der Waals surface area contributed by atoms with E-state index in [1.807, 2.05) is 0 Å². The van der Waals surface area contributed by atoms with E-state index in [0.717, 1.165) is 0 Å². The molecule has 1 nitrogen and oxygen atoms in total. The van der Waals surface area contributed by atoms with E-state index < -0.39 is 7.92 Å². The van der Waals surface area contributed by atoms with Crippen molar-refractivity contribution in [1.29, 1.82) is 0 Å². The molecule has 0 radical (unpaired) electrons. The molecule has 0 N–H and O–H groups in total. The van der Waals surface area contributed by atoms with E-state index in [-0.39, 0.29) is 24.0 Å². The average Bonchev–Trinajstić information content (AvgIpc) is 2.86. The van der Waals surface area contributed by atoms with Crippen molar-refractivity contribution in [2.75, 3.05) is 19.6 Å². The predicted octanol–water partition coefficient (Wildman–Crippen LogP) is 4.17. The van der Waals surface area contributed by atoms with Gasteiger partial charge in [0.25, 0.3) is 0 Å². The quantitative estimate of drug-likeness (QED) is 0.151. The molecule has 0 aliphatic carbocycles. The minimum Gasteiger partial charge on any atom is -1.00 e. The zero-order valence-corrected chi connectivity index (χ0v) is 24.5. The fourth-order valence-electron chi connectivity index (χ4n) is 4.84. The van der Waals surface area contributed by atoms with E-state index in [1.54, 1.807) is 0 Å². The molecule has 0 bridgehead atoms. The standard InChI is InChI=1S/C31H43NP.HI/c1-4-7-23-32(24-8-5-2,25-9-6-3)27-28-17-16-22-31(26-28)33(29-18-12-10-13-19-29)30-20-14-11-15-21-30;/h10-22,26H,4-9,23-25,27H2,1-3H3;1H/q+1;/p-1. The lowest BCUT2D eigenvalue weighted by Crippen LogP contribution is -3.00. The Morgan fingerprint density at radius 1 is 0.559 bits per heavy atom. The van der Waals surface area contributed by atoms with Gasteiger partial charge in [-0.05, 0) is 49.2 Å². The van der Waals surface area contributed by atoms with Crippen molar-refractivity contribution in [1.82, 2.24) is 0 Å². The van der Waals surface area contributed by atoms with Gasteiger partial charge < -0.3 is 28.5 Å². The van der Waals surface area contributed by atoms with E-state index in [9.17, 15) is 0 Å². The molecule has 3 aromatic carbocycles. The third-order valence-corrected chi connectivity index (χ3v) is 9.10. The highest BCUT2D eigenvalue weighted by molar-refractivity contribution is 7.79. The summed E-state index contributed by atoms with van der Waals surface area (Å²) in [5.74, 6) is 0. The Morgan fingerprint density at radius 3 is 1.44 bits per heavy atom. The molecule has 0 aliphatic heterocycles. The lowest BCUT2D eigenvalue weighted by molar-refractivity contribution is -0.941. The lowest BCUT2D eigenvalue weighted by Gasteiger charge is -2.39.